The van der Waals surface area contributed by atoms with Gasteiger partial charge in [0.15, 0.2) is 6.61 Å². The van der Waals surface area contributed by atoms with Crippen LogP contribution >= 0.6 is 0 Å². The van der Waals surface area contributed by atoms with Gasteiger partial charge in [-0.15, -0.1) is 0 Å². The number of hydrogen-bond acceptors (Lipinski definition) is 5. The summed E-state index contributed by atoms with van der Waals surface area (Å²) in [4.78, 5) is 13.1. The van der Waals surface area contributed by atoms with Gasteiger partial charge in [0.05, 0.1) is 5.69 Å². The first-order valence-electron chi connectivity index (χ1n) is 7.05. The Morgan fingerprint density at radius 3 is 2.95 bits per heavy atom. The highest BCUT2D eigenvalue weighted by Gasteiger charge is 2.22. The number of ether oxygens (including phenoxy) is 2. The monoisotopic (exact) mass is 294 g/mol. The van der Waals surface area contributed by atoms with Crippen molar-refractivity contribution in [2.24, 2.45) is 0 Å². The van der Waals surface area contributed by atoms with E-state index in [1.54, 1.807) is 30.1 Å². The number of aliphatic hydroxyl groups is 1. The fourth-order valence-electron chi connectivity index (χ4n) is 1.97. The zero-order valence-electron chi connectivity index (χ0n) is 12.6. The third kappa shape index (κ3) is 4.09. The van der Waals surface area contributed by atoms with Gasteiger partial charge in [0.25, 0.3) is 5.91 Å². The number of nitrogens with zero attached hydrogens (tertiary/aromatic N) is 1. The molecule has 0 fully saturated rings. The zero-order chi connectivity index (χ0) is 15.4. The van der Waals surface area contributed by atoms with Crippen LogP contribution in [0.5, 0.6) is 11.5 Å². The van der Waals surface area contributed by atoms with Gasteiger partial charge in [-0.25, -0.2) is 0 Å². The van der Waals surface area contributed by atoms with E-state index in [0.29, 0.717) is 24.1 Å². The number of fused-ring (bicyclic) bond motifs is 1. The quantitative estimate of drug-likeness (QED) is 0.811. The van der Waals surface area contributed by atoms with Crippen molar-refractivity contribution in [1.29, 1.82) is 0 Å². The second-order valence-electron chi connectivity index (χ2n) is 5.40. The van der Waals surface area contributed by atoms with Gasteiger partial charge in [-0.2, -0.15) is 0 Å². The molecule has 0 bridgehead atoms. The summed E-state index contributed by atoms with van der Waals surface area (Å²) in [5, 5.41) is 12.9. The maximum Gasteiger partial charge on any atom is 0.264 e. The molecule has 1 aliphatic heterocycles. The van der Waals surface area contributed by atoms with Gasteiger partial charge in [-0.1, -0.05) is 13.8 Å². The molecule has 1 aromatic rings. The van der Waals surface area contributed by atoms with E-state index in [1.807, 2.05) is 13.8 Å². The average Bonchev–Trinajstić information content (AvgIpc) is 2.46. The highest BCUT2D eigenvalue weighted by Crippen LogP contribution is 2.34. The Hall–Kier alpha value is -1.79. The molecular formula is C15H22N2O4. The van der Waals surface area contributed by atoms with Crippen molar-refractivity contribution in [2.75, 3.05) is 31.7 Å². The molecule has 2 rings (SSSR count). The third-order valence-corrected chi connectivity index (χ3v) is 3.22. The van der Waals surface area contributed by atoms with Crippen LogP contribution in [0.1, 0.15) is 13.8 Å². The van der Waals surface area contributed by atoms with Crippen molar-refractivity contribution < 1.29 is 19.4 Å². The molecule has 0 aliphatic carbocycles. The molecule has 1 atom stereocenters. The summed E-state index contributed by atoms with van der Waals surface area (Å²) >= 11 is 0. The molecule has 1 aliphatic rings. The normalized spacial score (nSPS) is 15.7. The van der Waals surface area contributed by atoms with Gasteiger partial charge < -0.3 is 24.8 Å². The van der Waals surface area contributed by atoms with Crippen LogP contribution in [-0.4, -0.2) is 50.0 Å². The van der Waals surface area contributed by atoms with E-state index >= 15 is 0 Å². The number of likely N-dealkylation sites (N-methyl/N-ethyl adjacent to an activating group) is 1. The Bertz CT molecular complexity index is 504. The SMILES string of the molecule is CC(C)NCC(O)COc1ccc2c(c1)OCC(=O)N2C. The molecule has 21 heavy (non-hydrogen) atoms. The van der Waals surface area contributed by atoms with Crippen molar-refractivity contribution >= 4 is 11.6 Å². The number of anilines is 1. The molecule has 1 unspecified atom stereocenters. The predicted octanol–water partition coefficient (Wildman–Crippen LogP) is 0.779. The van der Waals surface area contributed by atoms with E-state index in [2.05, 4.69) is 5.32 Å². The number of benzene rings is 1. The smallest absolute Gasteiger partial charge is 0.264 e. The maximum absolute atomic E-state index is 11.5. The average molecular weight is 294 g/mol. The molecule has 0 saturated heterocycles. The second-order valence-corrected chi connectivity index (χ2v) is 5.40. The summed E-state index contributed by atoms with van der Waals surface area (Å²) in [5.41, 5.74) is 0.723. The minimum Gasteiger partial charge on any atom is -0.491 e. The highest BCUT2D eigenvalue weighted by atomic mass is 16.5. The van der Waals surface area contributed by atoms with Crippen LogP contribution in [0, 0.1) is 0 Å². The molecule has 0 aromatic heterocycles. The molecule has 0 spiro atoms. The van der Waals surface area contributed by atoms with Crippen molar-refractivity contribution in [1.82, 2.24) is 5.32 Å². The molecule has 1 heterocycles. The van der Waals surface area contributed by atoms with Gasteiger partial charge in [-0.05, 0) is 12.1 Å². The lowest BCUT2D eigenvalue weighted by Crippen LogP contribution is -2.35. The number of amides is 1. The fraction of sp³-hybridized carbons (Fsp3) is 0.533. The molecule has 0 saturated carbocycles. The van der Waals surface area contributed by atoms with Crippen LogP contribution in [0.4, 0.5) is 5.69 Å². The number of rotatable bonds is 6. The molecule has 116 valence electrons. The predicted molar refractivity (Wildman–Crippen MR) is 80.0 cm³/mol. The van der Waals surface area contributed by atoms with E-state index in [1.165, 1.54) is 0 Å². The Morgan fingerprint density at radius 1 is 1.48 bits per heavy atom. The standard InChI is InChI=1S/C15H22N2O4/c1-10(2)16-7-11(18)8-20-12-4-5-13-14(6-12)21-9-15(19)17(13)3/h4-6,10-11,16,18H,7-9H2,1-3H3. The summed E-state index contributed by atoms with van der Waals surface area (Å²) in [5.74, 6) is 1.15. The largest absolute Gasteiger partial charge is 0.491 e. The number of carbonyl (C=O) groups is 1. The van der Waals surface area contributed by atoms with Crippen LogP contribution in [-0.2, 0) is 4.79 Å². The first-order chi connectivity index (χ1) is 9.97. The summed E-state index contributed by atoms with van der Waals surface area (Å²) in [6, 6.07) is 5.60. The van der Waals surface area contributed by atoms with E-state index in [0.717, 1.165) is 5.69 Å². The van der Waals surface area contributed by atoms with Crippen LogP contribution < -0.4 is 19.7 Å². The zero-order valence-corrected chi connectivity index (χ0v) is 12.6. The molecule has 6 nitrogen and oxygen atoms in total. The Balaban J connectivity index is 1.92. The van der Waals surface area contributed by atoms with E-state index in [4.69, 9.17) is 9.47 Å². The molecule has 0 radical (unpaired) electrons. The van der Waals surface area contributed by atoms with Crippen molar-refractivity contribution in [3.8, 4) is 11.5 Å². The van der Waals surface area contributed by atoms with Crippen molar-refractivity contribution in [3.05, 3.63) is 18.2 Å². The molecular weight excluding hydrogens is 272 g/mol. The first-order valence-corrected chi connectivity index (χ1v) is 7.05. The van der Waals surface area contributed by atoms with Gasteiger partial charge >= 0.3 is 0 Å². The lowest BCUT2D eigenvalue weighted by Gasteiger charge is -2.26. The van der Waals surface area contributed by atoms with Crippen LogP contribution in [0.3, 0.4) is 0 Å². The number of carbonyl (C=O) groups excluding carboxylic acids is 1. The van der Waals surface area contributed by atoms with Crippen LogP contribution in [0.2, 0.25) is 0 Å². The fourth-order valence-corrected chi connectivity index (χ4v) is 1.97. The van der Waals surface area contributed by atoms with Gasteiger partial charge in [0.2, 0.25) is 0 Å². The molecule has 1 aromatic carbocycles. The number of aliphatic hydroxyl groups excluding tert-OH is 1. The summed E-state index contributed by atoms with van der Waals surface area (Å²) < 4.78 is 10.9. The molecule has 1 amide bonds. The molecule has 2 N–H and O–H groups in total. The lowest BCUT2D eigenvalue weighted by atomic mass is 10.2. The lowest BCUT2D eigenvalue weighted by molar-refractivity contribution is -0.120. The summed E-state index contributed by atoms with van der Waals surface area (Å²) in [6.07, 6.45) is -0.575. The summed E-state index contributed by atoms with van der Waals surface area (Å²) in [7, 11) is 1.71. The summed E-state index contributed by atoms with van der Waals surface area (Å²) in [6.45, 7) is 4.76. The minimum absolute atomic E-state index is 0.0356. The van der Waals surface area contributed by atoms with Gasteiger partial charge in [0.1, 0.15) is 24.2 Å². The third-order valence-electron chi connectivity index (χ3n) is 3.22. The van der Waals surface area contributed by atoms with Gasteiger partial charge in [0, 0.05) is 25.7 Å². The maximum atomic E-state index is 11.5. The van der Waals surface area contributed by atoms with Crippen molar-refractivity contribution in [2.45, 2.75) is 26.0 Å². The number of nitrogens with one attached hydrogen (secondary N) is 1. The minimum atomic E-state index is -0.575. The topological polar surface area (TPSA) is 71.0 Å². The number of hydrogen-bond donors (Lipinski definition) is 2. The van der Waals surface area contributed by atoms with Crippen LogP contribution in [0.15, 0.2) is 18.2 Å². The van der Waals surface area contributed by atoms with E-state index in [-0.39, 0.29) is 19.1 Å². The van der Waals surface area contributed by atoms with E-state index < -0.39 is 6.10 Å². The first kappa shape index (κ1) is 15.6. The Kier molecular flexibility index (Phi) is 5.03. The van der Waals surface area contributed by atoms with Crippen molar-refractivity contribution in [3.63, 3.8) is 0 Å². The Labute approximate surface area is 124 Å². The van der Waals surface area contributed by atoms with E-state index in [9.17, 15) is 9.90 Å². The highest BCUT2D eigenvalue weighted by molar-refractivity contribution is 5.97. The molecule has 6 heteroatoms. The Morgan fingerprint density at radius 2 is 2.24 bits per heavy atom. The second kappa shape index (κ2) is 6.78. The van der Waals surface area contributed by atoms with Crippen LogP contribution in [0.25, 0.3) is 0 Å². The van der Waals surface area contributed by atoms with Gasteiger partial charge in [-0.3, -0.25) is 4.79 Å².